The lowest BCUT2D eigenvalue weighted by Crippen LogP contribution is -2.49. The molecule has 2 unspecified atom stereocenters. The fourth-order valence-corrected chi connectivity index (χ4v) is 2.53. The van der Waals surface area contributed by atoms with Crippen molar-refractivity contribution in [1.29, 1.82) is 0 Å². The van der Waals surface area contributed by atoms with Crippen molar-refractivity contribution < 1.29 is 14.3 Å². The third kappa shape index (κ3) is 4.70. The average molecular weight is 294 g/mol. The normalized spacial score (nSPS) is 22.1. The molecule has 1 fully saturated rings. The minimum absolute atomic E-state index is 0.125. The van der Waals surface area contributed by atoms with Crippen molar-refractivity contribution in [3.05, 3.63) is 35.6 Å². The molecule has 0 saturated carbocycles. The third-order valence-electron chi connectivity index (χ3n) is 4.01. The fourth-order valence-electron chi connectivity index (χ4n) is 2.53. The summed E-state index contributed by atoms with van der Waals surface area (Å²) < 4.78 is 13.0. The van der Waals surface area contributed by atoms with Crippen LogP contribution in [0.5, 0.6) is 0 Å². The number of piperidine rings is 1. The SMILES string of the molecule is CC1CCN(C(=O)NCCCc2cccc(F)c2)CC1O. The molecule has 21 heavy (non-hydrogen) atoms. The number of urea groups is 1. The van der Waals surface area contributed by atoms with Crippen LogP contribution < -0.4 is 5.32 Å². The van der Waals surface area contributed by atoms with E-state index in [9.17, 15) is 14.3 Å². The summed E-state index contributed by atoms with van der Waals surface area (Å²) in [7, 11) is 0. The molecule has 2 N–H and O–H groups in total. The number of amides is 2. The molecule has 0 bridgehead atoms. The van der Waals surface area contributed by atoms with Crippen molar-refractivity contribution in [2.24, 2.45) is 5.92 Å². The van der Waals surface area contributed by atoms with Crippen molar-refractivity contribution in [3.8, 4) is 0 Å². The Bertz CT molecular complexity index is 481. The number of aliphatic hydroxyl groups excluding tert-OH is 1. The van der Waals surface area contributed by atoms with Gasteiger partial charge >= 0.3 is 6.03 Å². The van der Waals surface area contributed by atoms with Crippen LogP contribution in [0.2, 0.25) is 0 Å². The molecule has 2 atom stereocenters. The molecule has 2 rings (SSSR count). The van der Waals surface area contributed by atoms with Crippen LogP contribution in [0.25, 0.3) is 0 Å². The maximum atomic E-state index is 13.0. The van der Waals surface area contributed by atoms with Gasteiger partial charge in [-0.3, -0.25) is 0 Å². The van der Waals surface area contributed by atoms with Gasteiger partial charge in [0.2, 0.25) is 0 Å². The number of carbonyl (C=O) groups excluding carboxylic acids is 1. The van der Waals surface area contributed by atoms with Crippen molar-refractivity contribution in [2.75, 3.05) is 19.6 Å². The maximum Gasteiger partial charge on any atom is 0.317 e. The Morgan fingerprint density at radius 3 is 3.05 bits per heavy atom. The molecule has 0 aliphatic carbocycles. The first-order chi connectivity index (χ1) is 10.1. The van der Waals surface area contributed by atoms with E-state index < -0.39 is 6.10 Å². The van der Waals surface area contributed by atoms with E-state index in [1.807, 2.05) is 13.0 Å². The van der Waals surface area contributed by atoms with Gasteiger partial charge in [0, 0.05) is 19.6 Å². The van der Waals surface area contributed by atoms with Crippen LogP contribution in [-0.4, -0.2) is 41.8 Å². The van der Waals surface area contributed by atoms with Crippen molar-refractivity contribution >= 4 is 6.03 Å². The van der Waals surface area contributed by atoms with Gasteiger partial charge in [0.1, 0.15) is 5.82 Å². The number of nitrogens with one attached hydrogen (secondary N) is 1. The fraction of sp³-hybridized carbons (Fsp3) is 0.562. The summed E-state index contributed by atoms with van der Waals surface area (Å²) in [5.74, 6) is 0.0231. The number of benzene rings is 1. The molecule has 1 aromatic carbocycles. The third-order valence-corrected chi connectivity index (χ3v) is 4.01. The predicted molar refractivity (Wildman–Crippen MR) is 79.5 cm³/mol. The first kappa shape index (κ1) is 15.8. The number of nitrogens with zero attached hydrogens (tertiary/aromatic N) is 1. The van der Waals surface area contributed by atoms with Crippen LogP contribution in [0.15, 0.2) is 24.3 Å². The molecular weight excluding hydrogens is 271 g/mol. The van der Waals surface area contributed by atoms with E-state index in [1.165, 1.54) is 12.1 Å². The molecule has 4 nitrogen and oxygen atoms in total. The number of carbonyl (C=O) groups is 1. The van der Waals surface area contributed by atoms with E-state index in [4.69, 9.17) is 0 Å². The van der Waals surface area contributed by atoms with E-state index in [0.717, 1.165) is 24.8 Å². The van der Waals surface area contributed by atoms with Gasteiger partial charge in [-0.25, -0.2) is 9.18 Å². The lowest BCUT2D eigenvalue weighted by atomic mass is 9.96. The van der Waals surface area contributed by atoms with Gasteiger partial charge in [0.25, 0.3) is 0 Å². The standard InChI is InChI=1S/C16H23FN2O2/c1-12-7-9-19(11-15(12)20)16(21)18-8-3-5-13-4-2-6-14(17)10-13/h2,4,6,10,12,15,20H,3,5,7-9,11H2,1H3,(H,18,21). The number of likely N-dealkylation sites (tertiary alicyclic amines) is 1. The molecule has 1 aliphatic heterocycles. The van der Waals surface area contributed by atoms with Crippen molar-refractivity contribution in [3.63, 3.8) is 0 Å². The topological polar surface area (TPSA) is 52.6 Å². The molecule has 0 spiro atoms. The Labute approximate surface area is 125 Å². The minimum Gasteiger partial charge on any atom is -0.391 e. The van der Waals surface area contributed by atoms with E-state index >= 15 is 0 Å². The highest BCUT2D eigenvalue weighted by atomic mass is 19.1. The Balaban J connectivity index is 1.67. The molecule has 1 aromatic rings. The van der Waals surface area contributed by atoms with E-state index in [1.54, 1.807) is 11.0 Å². The highest BCUT2D eigenvalue weighted by Crippen LogP contribution is 2.16. The number of aliphatic hydroxyl groups is 1. The number of aryl methyl sites for hydroxylation is 1. The van der Waals surface area contributed by atoms with Gasteiger partial charge in [0.15, 0.2) is 0 Å². The van der Waals surface area contributed by atoms with Crippen LogP contribution in [0.1, 0.15) is 25.3 Å². The second-order valence-corrected chi connectivity index (χ2v) is 5.74. The average Bonchev–Trinajstić information content (AvgIpc) is 2.46. The lowest BCUT2D eigenvalue weighted by Gasteiger charge is -2.34. The van der Waals surface area contributed by atoms with Gasteiger partial charge in [0.05, 0.1) is 6.10 Å². The van der Waals surface area contributed by atoms with Crippen LogP contribution in [0, 0.1) is 11.7 Å². The molecule has 1 aliphatic rings. The van der Waals surface area contributed by atoms with Crippen LogP contribution in [-0.2, 0) is 6.42 Å². The van der Waals surface area contributed by atoms with E-state index in [-0.39, 0.29) is 17.8 Å². The monoisotopic (exact) mass is 294 g/mol. The molecular formula is C16H23FN2O2. The second kappa shape index (κ2) is 7.41. The van der Waals surface area contributed by atoms with Gasteiger partial charge in [-0.15, -0.1) is 0 Å². The van der Waals surface area contributed by atoms with Crippen molar-refractivity contribution in [1.82, 2.24) is 10.2 Å². The smallest absolute Gasteiger partial charge is 0.317 e. The Morgan fingerprint density at radius 2 is 2.33 bits per heavy atom. The second-order valence-electron chi connectivity index (χ2n) is 5.74. The maximum absolute atomic E-state index is 13.0. The molecule has 0 aromatic heterocycles. The van der Waals surface area contributed by atoms with Gasteiger partial charge < -0.3 is 15.3 Å². The Hall–Kier alpha value is -1.62. The number of hydrogen-bond donors (Lipinski definition) is 2. The Morgan fingerprint density at radius 1 is 1.52 bits per heavy atom. The summed E-state index contributed by atoms with van der Waals surface area (Å²) >= 11 is 0. The molecule has 0 radical (unpaired) electrons. The first-order valence-corrected chi connectivity index (χ1v) is 7.51. The van der Waals surface area contributed by atoms with E-state index in [2.05, 4.69) is 5.32 Å². The summed E-state index contributed by atoms with van der Waals surface area (Å²) in [6, 6.07) is 6.39. The molecule has 1 heterocycles. The highest BCUT2D eigenvalue weighted by molar-refractivity contribution is 5.74. The zero-order valence-corrected chi connectivity index (χ0v) is 12.4. The van der Waals surface area contributed by atoms with Gasteiger partial charge in [-0.2, -0.15) is 0 Å². The molecule has 2 amide bonds. The molecule has 5 heteroatoms. The number of hydrogen-bond acceptors (Lipinski definition) is 2. The molecule has 1 saturated heterocycles. The summed E-state index contributed by atoms with van der Waals surface area (Å²) in [6.07, 6.45) is 1.90. The summed E-state index contributed by atoms with van der Waals surface area (Å²) in [5.41, 5.74) is 0.937. The zero-order chi connectivity index (χ0) is 15.2. The molecule has 116 valence electrons. The summed E-state index contributed by atoms with van der Waals surface area (Å²) in [6.45, 7) is 3.64. The summed E-state index contributed by atoms with van der Waals surface area (Å²) in [4.78, 5) is 13.6. The number of rotatable bonds is 4. The predicted octanol–water partition coefficient (Wildman–Crippen LogP) is 2.17. The highest BCUT2D eigenvalue weighted by Gasteiger charge is 2.26. The lowest BCUT2D eigenvalue weighted by molar-refractivity contribution is 0.0436. The quantitative estimate of drug-likeness (QED) is 0.836. The largest absolute Gasteiger partial charge is 0.391 e. The van der Waals surface area contributed by atoms with Crippen LogP contribution in [0.4, 0.5) is 9.18 Å². The van der Waals surface area contributed by atoms with Crippen LogP contribution in [0.3, 0.4) is 0 Å². The zero-order valence-electron chi connectivity index (χ0n) is 12.4. The van der Waals surface area contributed by atoms with Gasteiger partial charge in [-0.05, 0) is 42.9 Å². The van der Waals surface area contributed by atoms with E-state index in [0.29, 0.717) is 19.6 Å². The Kier molecular flexibility index (Phi) is 5.56. The summed E-state index contributed by atoms with van der Waals surface area (Å²) in [5, 5.41) is 12.6. The first-order valence-electron chi connectivity index (χ1n) is 7.51. The number of β-amino-alcohol motifs (C(OH)–C–C–N with tert-alkyl or cyclic N) is 1. The van der Waals surface area contributed by atoms with Crippen LogP contribution >= 0.6 is 0 Å². The number of halogens is 1. The van der Waals surface area contributed by atoms with Crippen molar-refractivity contribution in [2.45, 2.75) is 32.3 Å². The minimum atomic E-state index is -0.434. The van der Waals surface area contributed by atoms with Gasteiger partial charge in [-0.1, -0.05) is 19.1 Å².